The van der Waals surface area contributed by atoms with Crippen molar-refractivity contribution in [2.75, 3.05) is 44.7 Å². The summed E-state index contributed by atoms with van der Waals surface area (Å²) in [7, 11) is 0. The number of nitrogens with one attached hydrogen (secondary N) is 1. The van der Waals surface area contributed by atoms with Crippen LogP contribution in [0.2, 0.25) is 0 Å². The summed E-state index contributed by atoms with van der Waals surface area (Å²) in [6.07, 6.45) is -4.82. The molecule has 1 N–H and O–H groups in total. The number of urea groups is 1. The quantitative estimate of drug-likeness (QED) is 0.714. The molecular formula is C21H23F3N4O6. The van der Waals surface area contributed by atoms with Crippen LogP contribution >= 0.6 is 0 Å². The Bertz CT molecular complexity index is 1030. The number of alkyl halides is 3. The topological polar surface area (TPSA) is 106 Å². The molecule has 1 aromatic heterocycles. The lowest BCUT2D eigenvalue weighted by Crippen LogP contribution is -2.64. The molecule has 1 aromatic carbocycles. The molecule has 10 nitrogen and oxygen atoms in total. The number of amides is 3. The number of morpholine rings is 2. The van der Waals surface area contributed by atoms with Gasteiger partial charge in [-0.05, 0) is 38.1 Å². The monoisotopic (exact) mass is 484 g/mol. The van der Waals surface area contributed by atoms with Gasteiger partial charge in [0.25, 0.3) is 5.91 Å². The number of nitrogens with zero attached hydrogens (tertiary/aromatic N) is 3. The maximum absolute atomic E-state index is 13.0. The van der Waals surface area contributed by atoms with Gasteiger partial charge in [-0.15, -0.1) is 13.2 Å². The molecule has 2 saturated heterocycles. The zero-order valence-corrected chi connectivity index (χ0v) is 18.5. The summed E-state index contributed by atoms with van der Waals surface area (Å²) in [6, 6.07) is 4.29. The van der Waals surface area contributed by atoms with Crippen molar-refractivity contribution in [3.05, 3.63) is 41.3 Å². The Kier molecular flexibility index (Phi) is 6.41. The highest BCUT2D eigenvalue weighted by Crippen LogP contribution is 2.28. The van der Waals surface area contributed by atoms with Crippen LogP contribution in [0.5, 0.6) is 5.75 Å². The van der Waals surface area contributed by atoms with E-state index in [1.54, 1.807) is 13.8 Å². The molecule has 2 aliphatic heterocycles. The number of aryl methyl sites for hydroxylation is 2. The summed E-state index contributed by atoms with van der Waals surface area (Å²) < 4.78 is 57.7. The molecule has 0 saturated carbocycles. The van der Waals surface area contributed by atoms with E-state index in [0.717, 1.165) is 12.1 Å². The van der Waals surface area contributed by atoms with Crippen LogP contribution in [0.4, 0.5) is 23.7 Å². The highest BCUT2D eigenvalue weighted by molar-refractivity contribution is 5.94. The van der Waals surface area contributed by atoms with E-state index in [-0.39, 0.29) is 44.4 Å². The predicted octanol–water partition coefficient (Wildman–Crippen LogP) is 2.92. The van der Waals surface area contributed by atoms with Crippen molar-refractivity contribution in [2.45, 2.75) is 26.0 Å². The number of benzene rings is 1. The summed E-state index contributed by atoms with van der Waals surface area (Å²) in [5, 5.41) is 6.59. The second-order valence-electron chi connectivity index (χ2n) is 7.96. The first-order valence-electron chi connectivity index (χ1n) is 10.5. The van der Waals surface area contributed by atoms with Gasteiger partial charge in [-0.3, -0.25) is 4.79 Å². The maximum Gasteiger partial charge on any atom is 0.573 e. The third-order valence-electron chi connectivity index (χ3n) is 5.49. The van der Waals surface area contributed by atoms with Crippen molar-refractivity contribution >= 4 is 17.6 Å². The van der Waals surface area contributed by atoms with E-state index < -0.39 is 23.8 Å². The molecule has 0 radical (unpaired) electrons. The van der Waals surface area contributed by atoms with Crippen LogP contribution in [-0.4, -0.2) is 78.4 Å². The zero-order valence-electron chi connectivity index (χ0n) is 18.5. The Labute approximate surface area is 192 Å². The van der Waals surface area contributed by atoms with E-state index in [0.29, 0.717) is 23.7 Å². The van der Waals surface area contributed by atoms with E-state index in [4.69, 9.17) is 14.0 Å². The Morgan fingerprint density at radius 1 is 1.06 bits per heavy atom. The number of anilines is 1. The van der Waals surface area contributed by atoms with Gasteiger partial charge >= 0.3 is 12.4 Å². The smallest absolute Gasteiger partial charge is 0.406 e. The van der Waals surface area contributed by atoms with Gasteiger partial charge < -0.3 is 33.9 Å². The van der Waals surface area contributed by atoms with Gasteiger partial charge in [0, 0.05) is 18.7 Å². The standard InChI is InChI=1S/C21H23F3N4O6/c1-13-17(14(2)34-26-13)25-19(30)28-8-10-32-20(12-28)11-27(7-9-31-20)18(29)15-3-5-16(6-4-15)33-21(22,23)24/h3-6H,7-12H2,1-2H3,(H,25,30). The minimum absolute atomic E-state index is 0.0434. The van der Waals surface area contributed by atoms with Gasteiger partial charge in [0.15, 0.2) is 5.76 Å². The first kappa shape index (κ1) is 23.8. The fourth-order valence-corrected chi connectivity index (χ4v) is 3.87. The first-order valence-corrected chi connectivity index (χ1v) is 10.5. The van der Waals surface area contributed by atoms with Gasteiger partial charge in [0.1, 0.15) is 17.1 Å². The van der Waals surface area contributed by atoms with Crippen LogP contribution < -0.4 is 10.1 Å². The molecule has 2 aromatic rings. The molecule has 1 unspecified atom stereocenters. The fraction of sp³-hybridized carbons (Fsp3) is 0.476. The number of ether oxygens (including phenoxy) is 3. The molecule has 3 amide bonds. The number of hydrogen-bond acceptors (Lipinski definition) is 7. The maximum atomic E-state index is 13.0. The van der Waals surface area contributed by atoms with Crippen LogP contribution in [-0.2, 0) is 9.47 Å². The molecule has 2 fully saturated rings. The van der Waals surface area contributed by atoms with Crippen LogP contribution in [0.25, 0.3) is 0 Å². The molecule has 0 aliphatic carbocycles. The first-order chi connectivity index (χ1) is 16.1. The van der Waals surface area contributed by atoms with Gasteiger partial charge in [-0.2, -0.15) is 0 Å². The van der Waals surface area contributed by atoms with Gasteiger partial charge in [0.05, 0.1) is 26.3 Å². The summed E-state index contributed by atoms with van der Waals surface area (Å²) in [5.41, 5.74) is 1.23. The molecule has 3 heterocycles. The summed E-state index contributed by atoms with van der Waals surface area (Å²) in [6.45, 7) is 4.45. The molecule has 184 valence electrons. The number of rotatable bonds is 3. The average molecular weight is 484 g/mol. The molecule has 1 atom stereocenters. The van der Waals surface area contributed by atoms with E-state index in [1.165, 1.54) is 21.9 Å². The second kappa shape index (κ2) is 9.14. The van der Waals surface area contributed by atoms with E-state index >= 15 is 0 Å². The second-order valence-corrected chi connectivity index (χ2v) is 7.96. The minimum atomic E-state index is -4.82. The summed E-state index contributed by atoms with van der Waals surface area (Å²) >= 11 is 0. The van der Waals surface area contributed by atoms with Crippen molar-refractivity contribution in [1.82, 2.24) is 15.0 Å². The molecular weight excluding hydrogens is 461 g/mol. The molecule has 1 spiro atoms. The van der Waals surface area contributed by atoms with Crippen molar-refractivity contribution in [3.63, 3.8) is 0 Å². The highest BCUT2D eigenvalue weighted by Gasteiger charge is 2.44. The van der Waals surface area contributed by atoms with Crippen molar-refractivity contribution in [3.8, 4) is 5.75 Å². The van der Waals surface area contributed by atoms with Gasteiger partial charge in [-0.25, -0.2) is 4.79 Å². The number of halogens is 3. The molecule has 2 aliphatic rings. The SMILES string of the molecule is Cc1noc(C)c1NC(=O)N1CCOC2(C1)CN(C(=O)c1ccc(OC(F)(F)F)cc1)CCO2. The van der Waals surface area contributed by atoms with Crippen LogP contribution in [0, 0.1) is 13.8 Å². The van der Waals surface area contributed by atoms with Crippen molar-refractivity contribution in [2.24, 2.45) is 0 Å². The number of carbonyl (C=O) groups excluding carboxylic acids is 2. The molecule has 13 heteroatoms. The van der Waals surface area contributed by atoms with Crippen LogP contribution in [0.1, 0.15) is 21.8 Å². The van der Waals surface area contributed by atoms with Crippen LogP contribution in [0.15, 0.2) is 28.8 Å². The normalized spacial score (nSPS) is 21.0. The molecule has 4 rings (SSSR count). The fourth-order valence-electron chi connectivity index (χ4n) is 3.87. The average Bonchev–Trinajstić information content (AvgIpc) is 3.10. The third kappa shape index (κ3) is 5.25. The van der Waals surface area contributed by atoms with E-state index in [2.05, 4.69) is 15.2 Å². The minimum Gasteiger partial charge on any atom is -0.406 e. The number of carbonyl (C=O) groups is 2. The summed E-state index contributed by atoms with van der Waals surface area (Å²) in [5.74, 6) is -1.56. The number of hydrogen-bond donors (Lipinski definition) is 1. The lowest BCUT2D eigenvalue weighted by atomic mass is 10.1. The Balaban J connectivity index is 1.41. The van der Waals surface area contributed by atoms with Gasteiger partial charge in [0.2, 0.25) is 5.79 Å². The van der Waals surface area contributed by atoms with E-state index in [1.807, 2.05) is 0 Å². The number of aromatic nitrogens is 1. The Morgan fingerprint density at radius 2 is 1.68 bits per heavy atom. The van der Waals surface area contributed by atoms with Gasteiger partial charge in [-0.1, -0.05) is 5.16 Å². The lowest BCUT2D eigenvalue weighted by molar-refractivity contribution is -0.281. The Morgan fingerprint density at radius 3 is 2.26 bits per heavy atom. The largest absolute Gasteiger partial charge is 0.573 e. The third-order valence-corrected chi connectivity index (χ3v) is 5.49. The van der Waals surface area contributed by atoms with Crippen LogP contribution in [0.3, 0.4) is 0 Å². The summed E-state index contributed by atoms with van der Waals surface area (Å²) in [4.78, 5) is 28.8. The van der Waals surface area contributed by atoms with E-state index in [9.17, 15) is 22.8 Å². The van der Waals surface area contributed by atoms with Crippen molar-refractivity contribution in [1.29, 1.82) is 0 Å². The lowest BCUT2D eigenvalue weighted by Gasteiger charge is -2.47. The Hall–Kier alpha value is -3.32. The molecule has 0 bridgehead atoms. The van der Waals surface area contributed by atoms with Crippen molar-refractivity contribution < 1.29 is 41.5 Å². The zero-order chi connectivity index (χ0) is 24.5. The highest BCUT2D eigenvalue weighted by atomic mass is 19.4. The molecule has 34 heavy (non-hydrogen) atoms. The predicted molar refractivity (Wildman–Crippen MR) is 110 cm³/mol.